The van der Waals surface area contributed by atoms with E-state index < -0.39 is 48.2 Å². The molecule has 17 N–H and O–H groups in total. The summed E-state index contributed by atoms with van der Waals surface area (Å²) in [5.41, 5.74) is 35.5. The van der Waals surface area contributed by atoms with Crippen LogP contribution in [0.4, 0.5) is 0 Å². The quantitative estimate of drug-likeness (QED) is 0.0116. The molecule has 0 unspecified atom stereocenters. The van der Waals surface area contributed by atoms with Crippen LogP contribution >= 0.6 is 0 Å². The Balaban J connectivity index is 2.82. The van der Waals surface area contributed by atoms with Gasteiger partial charge in [0.05, 0.1) is 12.1 Å². The molecule has 0 fully saturated rings. The first kappa shape index (κ1) is 51.7. The van der Waals surface area contributed by atoms with Crippen LogP contribution in [0.1, 0.15) is 147 Å². The Hall–Kier alpha value is -3.35. The van der Waals surface area contributed by atoms with Crippen molar-refractivity contribution in [2.24, 2.45) is 34.6 Å². The van der Waals surface area contributed by atoms with Crippen LogP contribution in [0.2, 0.25) is 0 Å². The summed E-state index contributed by atoms with van der Waals surface area (Å²) in [7, 11) is 0. The molecule has 1 aromatic carbocycles. The van der Waals surface area contributed by atoms with Gasteiger partial charge in [-0.3, -0.25) is 35.2 Å². The highest BCUT2D eigenvalue weighted by molar-refractivity contribution is 6.39. The van der Waals surface area contributed by atoms with Crippen LogP contribution in [-0.4, -0.2) is 73.0 Å². The Bertz CT molecular complexity index is 1280. The molecule has 0 aliphatic heterocycles. The molecule has 16 nitrogen and oxygen atoms in total. The van der Waals surface area contributed by atoms with E-state index in [-0.39, 0.29) is 37.0 Å². The summed E-state index contributed by atoms with van der Waals surface area (Å²) in [6.07, 6.45) is 15.6. The molecule has 0 heterocycles. The second-order valence-corrected chi connectivity index (χ2v) is 15.5. The number of unbranched alkanes of at least 4 members (excludes halogenated alkanes) is 12. The van der Waals surface area contributed by atoms with Crippen LogP contribution in [0.15, 0.2) is 24.3 Å². The lowest BCUT2D eigenvalue weighted by atomic mass is 9.97. The number of hydrogen-bond donors (Lipinski definition) is 12. The number of carbonyl (C=O) groups excluding carboxylic acids is 4. The minimum Gasteiger partial charge on any atom is -0.384 e. The summed E-state index contributed by atoms with van der Waals surface area (Å²) in [6.45, 7) is 7.02. The summed E-state index contributed by atoms with van der Waals surface area (Å²) in [5, 5.41) is 19.2. The van der Waals surface area contributed by atoms with Gasteiger partial charge in [-0.1, -0.05) is 122 Å². The number of hydrazine groups is 1. The number of carbonyl (C=O) groups is 4. The summed E-state index contributed by atoms with van der Waals surface area (Å²) in [4.78, 5) is 53.7. The minimum atomic E-state index is -1.02. The fourth-order valence-corrected chi connectivity index (χ4v) is 6.41. The van der Waals surface area contributed by atoms with Gasteiger partial charge in [0.25, 0.3) is 0 Å². The van der Waals surface area contributed by atoms with Crippen LogP contribution < -0.4 is 60.8 Å². The van der Waals surface area contributed by atoms with Gasteiger partial charge in [0.2, 0.25) is 23.4 Å². The van der Waals surface area contributed by atoms with Gasteiger partial charge >= 0.3 is 0 Å². The van der Waals surface area contributed by atoms with Crippen molar-refractivity contribution in [2.75, 3.05) is 13.1 Å². The highest BCUT2D eigenvalue weighted by Crippen LogP contribution is 2.14. The molecule has 3 atom stereocenters. The van der Waals surface area contributed by atoms with E-state index in [0.717, 1.165) is 24.8 Å². The van der Waals surface area contributed by atoms with Crippen LogP contribution in [0.5, 0.6) is 0 Å². The average Bonchev–Trinajstić information content (AvgIpc) is 3.17. The number of nitrogens with one attached hydrogen (secondary N) is 7. The number of amidine groups is 1. The zero-order valence-corrected chi connectivity index (χ0v) is 35.1. The molecule has 1 rings (SSSR count). The minimum absolute atomic E-state index is 0.0453. The van der Waals surface area contributed by atoms with Gasteiger partial charge in [0.15, 0.2) is 0 Å². The molecule has 0 saturated carbocycles. The van der Waals surface area contributed by atoms with E-state index in [0.29, 0.717) is 44.3 Å². The summed E-state index contributed by atoms with van der Waals surface area (Å²) < 4.78 is 0. The van der Waals surface area contributed by atoms with E-state index in [2.05, 4.69) is 39.0 Å². The molecule has 0 radical (unpaired) electrons. The fraction of sp³-hybridized carbons (Fsp3) is 0.732. The van der Waals surface area contributed by atoms with Gasteiger partial charge < -0.3 is 39.3 Å². The Morgan fingerprint density at radius 3 is 1.61 bits per heavy atom. The highest BCUT2D eigenvalue weighted by atomic mass is 16.2. The number of amides is 2. The number of hydrogen-bond acceptors (Lipinski definition) is 13. The third-order valence-electron chi connectivity index (χ3n) is 9.92. The number of Topliss-reactive ketones (excluding diaryl/α,β-unsaturated/α-hetero) is 2. The molecular formula is C41H78N12O4. The van der Waals surface area contributed by atoms with Gasteiger partial charge in [-0.2, -0.15) is 0 Å². The molecule has 0 bridgehead atoms. The van der Waals surface area contributed by atoms with Crippen molar-refractivity contribution in [3.05, 3.63) is 35.4 Å². The monoisotopic (exact) mass is 803 g/mol. The van der Waals surface area contributed by atoms with Crippen LogP contribution in [0.25, 0.3) is 0 Å². The van der Waals surface area contributed by atoms with Crippen LogP contribution in [0, 0.1) is 11.3 Å². The maximum atomic E-state index is 13.8. The molecule has 0 aliphatic carbocycles. The SMILES string of the molecule is CCCCCCCCCCCCCCCC(=O)C(=O)[C@H](CCCNC(N)N)NC(=O)[C@@H](NN[C@@H](CCCNC(N)N)C(=O)NCc1ccc(C(=N)N)cc1)C(C)C. The number of benzene rings is 1. The molecule has 16 heteroatoms. The Morgan fingerprint density at radius 2 is 1.14 bits per heavy atom. The van der Waals surface area contributed by atoms with E-state index >= 15 is 0 Å². The van der Waals surface area contributed by atoms with Crippen LogP contribution in [0.3, 0.4) is 0 Å². The van der Waals surface area contributed by atoms with Crippen molar-refractivity contribution in [2.45, 2.75) is 174 Å². The van der Waals surface area contributed by atoms with Crippen molar-refractivity contribution in [1.82, 2.24) is 32.1 Å². The predicted octanol–water partition coefficient (Wildman–Crippen LogP) is 2.32. The maximum absolute atomic E-state index is 13.8. The number of nitrogens with two attached hydrogens (primary N) is 5. The predicted molar refractivity (Wildman–Crippen MR) is 229 cm³/mol. The standard InChI is InChI=1S/C41H78N12O4/c1-4-5-6-7-8-9-10-11-12-13-14-15-16-21-34(54)36(55)32(19-17-26-48-40(44)45)51-39(57)35(29(2)3)53-52-33(20-18-27-49-41(46)47)38(56)50-28-30-22-24-31(25-23-30)37(42)43/h22-25,29,32-33,35,40-41,48-49,52-53H,4-21,26-28,44-47H2,1-3H3,(H3,42,43)(H,50,56)(H,51,57)/t32-,33-,35-/m0/s1. The highest BCUT2D eigenvalue weighted by Gasteiger charge is 2.31. The second-order valence-electron chi connectivity index (χ2n) is 15.5. The molecule has 326 valence electrons. The molecule has 2 amide bonds. The van der Waals surface area contributed by atoms with Crippen molar-refractivity contribution < 1.29 is 19.2 Å². The Labute approximate surface area is 342 Å². The molecule has 0 aromatic heterocycles. The van der Waals surface area contributed by atoms with Gasteiger partial charge in [0.1, 0.15) is 24.5 Å². The van der Waals surface area contributed by atoms with Gasteiger partial charge in [-0.15, -0.1) is 0 Å². The zero-order chi connectivity index (χ0) is 42.4. The second kappa shape index (κ2) is 31.6. The van der Waals surface area contributed by atoms with Crippen molar-refractivity contribution >= 4 is 29.2 Å². The first-order valence-corrected chi connectivity index (χ1v) is 21.3. The van der Waals surface area contributed by atoms with E-state index in [1.165, 1.54) is 57.8 Å². The van der Waals surface area contributed by atoms with E-state index in [9.17, 15) is 19.2 Å². The van der Waals surface area contributed by atoms with Crippen LogP contribution in [-0.2, 0) is 25.7 Å². The first-order chi connectivity index (χ1) is 27.3. The topological polar surface area (TPSA) is 294 Å². The lowest BCUT2D eigenvalue weighted by Gasteiger charge is -2.28. The normalized spacial score (nSPS) is 13.2. The van der Waals surface area contributed by atoms with E-state index in [1.54, 1.807) is 24.3 Å². The fourth-order valence-electron chi connectivity index (χ4n) is 6.41. The summed E-state index contributed by atoms with van der Waals surface area (Å²) in [5.74, 6) is -2.20. The average molecular weight is 803 g/mol. The third-order valence-corrected chi connectivity index (χ3v) is 9.92. The molecule has 57 heavy (non-hydrogen) atoms. The summed E-state index contributed by atoms with van der Waals surface area (Å²) in [6, 6.07) is 4.37. The first-order valence-electron chi connectivity index (χ1n) is 21.3. The van der Waals surface area contributed by atoms with Gasteiger partial charge in [0, 0.05) is 18.5 Å². The van der Waals surface area contributed by atoms with Crippen molar-refractivity contribution in [1.29, 1.82) is 5.41 Å². The van der Waals surface area contributed by atoms with E-state index in [1.807, 2.05) is 13.8 Å². The number of nitrogen functional groups attached to an aromatic ring is 1. The molecule has 1 aromatic rings. The lowest BCUT2D eigenvalue weighted by Crippen LogP contribution is -2.60. The maximum Gasteiger partial charge on any atom is 0.239 e. The van der Waals surface area contributed by atoms with Gasteiger partial charge in [-0.05, 0) is 56.7 Å². The Morgan fingerprint density at radius 1 is 0.649 bits per heavy atom. The molecule has 0 saturated heterocycles. The third kappa shape index (κ3) is 24.9. The number of rotatable bonds is 36. The smallest absolute Gasteiger partial charge is 0.239 e. The summed E-state index contributed by atoms with van der Waals surface area (Å²) >= 11 is 0. The molecule has 0 aliphatic rings. The van der Waals surface area contributed by atoms with Crippen molar-refractivity contribution in [3.8, 4) is 0 Å². The zero-order valence-electron chi connectivity index (χ0n) is 35.1. The molecule has 0 spiro atoms. The van der Waals surface area contributed by atoms with Gasteiger partial charge in [-0.25, -0.2) is 10.9 Å². The number of ketones is 2. The Kier molecular flexibility index (Phi) is 28.7. The van der Waals surface area contributed by atoms with Crippen molar-refractivity contribution in [3.63, 3.8) is 0 Å². The van der Waals surface area contributed by atoms with E-state index in [4.69, 9.17) is 34.1 Å². The molecular weight excluding hydrogens is 725 g/mol. The largest absolute Gasteiger partial charge is 0.384 e. The lowest BCUT2D eigenvalue weighted by molar-refractivity contribution is -0.139.